The van der Waals surface area contributed by atoms with Crippen molar-refractivity contribution >= 4 is 23.1 Å². The molecule has 1 atom stereocenters. The summed E-state index contributed by atoms with van der Waals surface area (Å²) >= 11 is 6.22. The summed E-state index contributed by atoms with van der Waals surface area (Å²) in [5.74, 6) is 1.00. The zero-order valence-corrected chi connectivity index (χ0v) is 11.3. The highest BCUT2D eigenvalue weighted by molar-refractivity contribution is 6.31. The van der Waals surface area contributed by atoms with Crippen molar-refractivity contribution in [3.63, 3.8) is 0 Å². The van der Waals surface area contributed by atoms with Crippen LogP contribution >= 0.6 is 11.6 Å². The fraction of sp³-hybridized carbons (Fsp3) is 0.133. The van der Waals surface area contributed by atoms with Crippen LogP contribution in [0.3, 0.4) is 0 Å². The zero-order chi connectivity index (χ0) is 13.2. The van der Waals surface area contributed by atoms with Crippen LogP contribution in [0.15, 0.2) is 54.9 Å². The Balaban J connectivity index is 1.93. The molecule has 0 saturated heterocycles. The van der Waals surface area contributed by atoms with Gasteiger partial charge in [0, 0.05) is 17.4 Å². The van der Waals surface area contributed by atoms with Gasteiger partial charge in [-0.25, -0.2) is 4.98 Å². The average molecular weight is 272 g/mol. The molecule has 1 N–H and O–H groups in total. The van der Waals surface area contributed by atoms with Gasteiger partial charge < -0.3 is 5.32 Å². The first-order chi connectivity index (χ1) is 9.25. The molecule has 0 aliphatic carbocycles. The van der Waals surface area contributed by atoms with E-state index in [0.717, 1.165) is 22.1 Å². The molecule has 96 valence electrons. The van der Waals surface area contributed by atoms with E-state index in [1.54, 1.807) is 6.20 Å². The number of rotatable bonds is 3. The van der Waals surface area contributed by atoms with E-state index in [-0.39, 0.29) is 6.04 Å². The maximum atomic E-state index is 6.22. The molecule has 3 aromatic rings. The van der Waals surface area contributed by atoms with Crippen LogP contribution in [0, 0.1) is 0 Å². The molecule has 1 unspecified atom stereocenters. The predicted octanol–water partition coefficient (Wildman–Crippen LogP) is 4.16. The summed E-state index contributed by atoms with van der Waals surface area (Å²) in [6.45, 7) is 2.09. The molecule has 1 aromatic carbocycles. The van der Waals surface area contributed by atoms with Gasteiger partial charge in [0.1, 0.15) is 11.5 Å². The van der Waals surface area contributed by atoms with Gasteiger partial charge in [-0.15, -0.1) is 0 Å². The minimum absolute atomic E-state index is 0.127. The second-order valence-corrected chi connectivity index (χ2v) is 4.86. The largest absolute Gasteiger partial charge is 0.365 e. The summed E-state index contributed by atoms with van der Waals surface area (Å²) in [7, 11) is 0. The average Bonchev–Trinajstić information content (AvgIpc) is 2.88. The minimum atomic E-state index is 0.127. The summed E-state index contributed by atoms with van der Waals surface area (Å²) in [6.07, 6.45) is 3.73. The lowest BCUT2D eigenvalue weighted by Crippen LogP contribution is -2.09. The number of hydrogen-bond acceptors (Lipinski definition) is 2. The van der Waals surface area contributed by atoms with Crippen molar-refractivity contribution in [3.05, 3.63) is 65.4 Å². The van der Waals surface area contributed by atoms with Crippen LogP contribution in [0.1, 0.15) is 18.5 Å². The number of anilines is 1. The normalized spacial score (nSPS) is 12.5. The van der Waals surface area contributed by atoms with Gasteiger partial charge in [0.15, 0.2) is 0 Å². The molecule has 19 heavy (non-hydrogen) atoms. The summed E-state index contributed by atoms with van der Waals surface area (Å²) in [4.78, 5) is 4.27. The van der Waals surface area contributed by atoms with Crippen LogP contribution in [0.25, 0.3) is 5.65 Å². The van der Waals surface area contributed by atoms with Gasteiger partial charge >= 0.3 is 0 Å². The second kappa shape index (κ2) is 4.94. The molecule has 0 bridgehead atoms. The molecule has 0 fully saturated rings. The Morgan fingerprint density at radius 1 is 1.16 bits per heavy atom. The highest BCUT2D eigenvalue weighted by atomic mass is 35.5. The SMILES string of the molecule is CC(Nc1cccc2nccn12)c1ccccc1Cl. The van der Waals surface area contributed by atoms with Crippen LogP contribution in [-0.4, -0.2) is 9.38 Å². The van der Waals surface area contributed by atoms with Gasteiger partial charge in [-0.3, -0.25) is 4.40 Å². The van der Waals surface area contributed by atoms with E-state index in [1.165, 1.54) is 0 Å². The monoisotopic (exact) mass is 271 g/mol. The van der Waals surface area contributed by atoms with Crippen molar-refractivity contribution in [2.75, 3.05) is 5.32 Å². The number of halogens is 1. The Bertz CT molecular complexity index is 705. The standard InChI is InChI=1S/C15H14ClN3/c1-11(12-5-2-3-6-13(12)16)18-15-8-4-7-14-17-9-10-19(14)15/h2-11,18H,1H3. The minimum Gasteiger partial charge on any atom is -0.365 e. The second-order valence-electron chi connectivity index (χ2n) is 4.45. The molecule has 0 aliphatic heterocycles. The number of pyridine rings is 1. The molecule has 0 spiro atoms. The smallest absolute Gasteiger partial charge is 0.138 e. The number of nitrogens with one attached hydrogen (secondary N) is 1. The number of fused-ring (bicyclic) bond motifs is 1. The van der Waals surface area contributed by atoms with Crippen LogP contribution in [-0.2, 0) is 0 Å². The quantitative estimate of drug-likeness (QED) is 0.775. The molecular formula is C15H14ClN3. The third-order valence-corrected chi connectivity index (χ3v) is 3.51. The van der Waals surface area contributed by atoms with Crippen molar-refractivity contribution < 1.29 is 0 Å². The first-order valence-electron chi connectivity index (χ1n) is 6.19. The van der Waals surface area contributed by atoms with Crippen LogP contribution < -0.4 is 5.32 Å². The topological polar surface area (TPSA) is 29.3 Å². The lowest BCUT2D eigenvalue weighted by Gasteiger charge is -2.17. The van der Waals surface area contributed by atoms with Gasteiger partial charge in [-0.2, -0.15) is 0 Å². The van der Waals surface area contributed by atoms with Crippen LogP contribution in [0.5, 0.6) is 0 Å². The predicted molar refractivity (Wildman–Crippen MR) is 78.7 cm³/mol. The number of imidazole rings is 1. The molecule has 0 radical (unpaired) electrons. The first-order valence-corrected chi connectivity index (χ1v) is 6.56. The van der Waals surface area contributed by atoms with Crippen molar-refractivity contribution in [3.8, 4) is 0 Å². The lowest BCUT2D eigenvalue weighted by molar-refractivity contribution is 0.869. The number of nitrogens with zero attached hydrogens (tertiary/aromatic N) is 2. The molecule has 0 aliphatic rings. The summed E-state index contributed by atoms with van der Waals surface area (Å²) in [5.41, 5.74) is 2.01. The van der Waals surface area contributed by atoms with Crippen LogP contribution in [0.2, 0.25) is 5.02 Å². The third-order valence-electron chi connectivity index (χ3n) is 3.16. The number of benzene rings is 1. The zero-order valence-electron chi connectivity index (χ0n) is 10.5. The first kappa shape index (κ1) is 12.1. The van der Waals surface area contributed by atoms with Crippen molar-refractivity contribution in [2.45, 2.75) is 13.0 Å². The van der Waals surface area contributed by atoms with Crippen molar-refractivity contribution in [1.29, 1.82) is 0 Å². The Labute approximate surface area is 116 Å². The van der Waals surface area contributed by atoms with Gasteiger partial charge in [-0.1, -0.05) is 35.9 Å². The molecule has 2 aromatic heterocycles. The van der Waals surface area contributed by atoms with Crippen molar-refractivity contribution in [1.82, 2.24) is 9.38 Å². The number of aromatic nitrogens is 2. The molecule has 4 heteroatoms. The van der Waals surface area contributed by atoms with Gasteiger partial charge in [0.25, 0.3) is 0 Å². The summed E-state index contributed by atoms with van der Waals surface area (Å²) in [6, 6.07) is 14.0. The molecular weight excluding hydrogens is 258 g/mol. The Kier molecular flexibility index (Phi) is 3.13. The molecule has 2 heterocycles. The Hall–Kier alpha value is -2.00. The van der Waals surface area contributed by atoms with E-state index < -0.39 is 0 Å². The van der Waals surface area contributed by atoms with E-state index in [9.17, 15) is 0 Å². The van der Waals surface area contributed by atoms with Gasteiger partial charge in [0.2, 0.25) is 0 Å². The maximum Gasteiger partial charge on any atom is 0.138 e. The van der Waals surface area contributed by atoms with E-state index in [4.69, 9.17) is 11.6 Å². The van der Waals surface area contributed by atoms with Gasteiger partial charge in [-0.05, 0) is 30.7 Å². The van der Waals surface area contributed by atoms with Gasteiger partial charge in [0.05, 0.1) is 6.04 Å². The Morgan fingerprint density at radius 3 is 2.84 bits per heavy atom. The molecule has 3 nitrogen and oxygen atoms in total. The summed E-state index contributed by atoms with van der Waals surface area (Å²) in [5, 5.41) is 4.24. The molecule has 0 amide bonds. The highest BCUT2D eigenvalue weighted by Crippen LogP contribution is 2.25. The number of hydrogen-bond donors (Lipinski definition) is 1. The van der Waals surface area contributed by atoms with E-state index in [2.05, 4.69) is 17.2 Å². The summed E-state index contributed by atoms with van der Waals surface area (Å²) < 4.78 is 2.02. The van der Waals surface area contributed by atoms with E-state index in [0.29, 0.717) is 0 Å². The van der Waals surface area contributed by atoms with E-state index >= 15 is 0 Å². The Morgan fingerprint density at radius 2 is 2.00 bits per heavy atom. The fourth-order valence-electron chi connectivity index (χ4n) is 2.19. The fourth-order valence-corrected chi connectivity index (χ4v) is 2.49. The maximum absolute atomic E-state index is 6.22. The lowest BCUT2D eigenvalue weighted by atomic mass is 10.1. The third kappa shape index (κ3) is 2.29. The van der Waals surface area contributed by atoms with Crippen LogP contribution in [0.4, 0.5) is 5.82 Å². The highest BCUT2D eigenvalue weighted by Gasteiger charge is 2.10. The molecule has 0 saturated carbocycles. The van der Waals surface area contributed by atoms with E-state index in [1.807, 2.05) is 53.1 Å². The molecule has 3 rings (SSSR count). The van der Waals surface area contributed by atoms with Crippen molar-refractivity contribution in [2.24, 2.45) is 0 Å².